The Morgan fingerprint density at radius 3 is 1.67 bits per heavy atom. The molecule has 1 unspecified atom stereocenters. The van der Waals surface area contributed by atoms with Crippen LogP contribution >= 0.6 is 12.4 Å². The van der Waals surface area contributed by atoms with E-state index in [-0.39, 0.29) is 69.6 Å². The van der Waals surface area contributed by atoms with Crippen molar-refractivity contribution in [1.29, 1.82) is 0 Å². The van der Waals surface area contributed by atoms with E-state index in [2.05, 4.69) is 0 Å². The summed E-state index contributed by atoms with van der Waals surface area (Å²) in [5.74, 6) is -1.19. The van der Waals surface area contributed by atoms with Crippen LogP contribution in [0.1, 0.15) is 6.92 Å². The van der Waals surface area contributed by atoms with Gasteiger partial charge in [0.15, 0.2) is 0 Å². The van der Waals surface area contributed by atoms with Crippen LogP contribution in [0.4, 0.5) is 0 Å². The van der Waals surface area contributed by atoms with Crippen LogP contribution < -0.4 is 0 Å². The van der Waals surface area contributed by atoms with Gasteiger partial charge in [-0.3, -0.25) is 0 Å². The molecule has 1 atom stereocenters. The third kappa shape index (κ3) is 17.7. The SMILES string of the molecule is CC(O)C(=O)O.Cl.[CaH2].[Zn]. The van der Waals surface area contributed by atoms with Gasteiger partial charge in [-0.2, -0.15) is 0 Å². The van der Waals surface area contributed by atoms with Gasteiger partial charge in [-0.25, -0.2) is 4.79 Å². The summed E-state index contributed by atoms with van der Waals surface area (Å²) in [5, 5.41) is 15.8. The van der Waals surface area contributed by atoms with Crippen LogP contribution in [0.3, 0.4) is 0 Å². The van der Waals surface area contributed by atoms with E-state index < -0.39 is 12.1 Å². The van der Waals surface area contributed by atoms with Crippen LogP contribution in [0.5, 0.6) is 0 Å². The fraction of sp³-hybridized carbons (Fsp3) is 0.667. The zero-order valence-electron chi connectivity index (χ0n) is 4.50. The van der Waals surface area contributed by atoms with Gasteiger partial charge in [0.05, 0.1) is 0 Å². The quantitative estimate of drug-likeness (QED) is 0.569. The van der Waals surface area contributed by atoms with E-state index in [1.54, 1.807) is 0 Å². The van der Waals surface area contributed by atoms with Crippen LogP contribution in [-0.2, 0) is 24.3 Å². The van der Waals surface area contributed by atoms with E-state index in [0.29, 0.717) is 0 Å². The Labute approximate surface area is 102 Å². The molecule has 0 amide bonds. The molecule has 0 rings (SSSR count). The molecule has 0 spiro atoms. The summed E-state index contributed by atoms with van der Waals surface area (Å²) in [4.78, 5) is 9.45. The van der Waals surface area contributed by atoms with Gasteiger partial charge in [0.2, 0.25) is 0 Å². The van der Waals surface area contributed by atoms with Gasteiger partial charge in [0.25, 0.3) is 0 Å². The van der Waals surface area contributed by atoms with Gasteiger partial charge in [0, 0.05) is 19.5 Å². The minimum absolute atomic E-state index is 0. The molecule has 0 aliphatic rings. The Balaban J connectivity index is -0.0000000417. The van der Waals surface area contributed by atoms with Gasteiger partial charge < -0.3 is 10.2 Å². The first-order valence-corrected chi connectivity index (χ1v) is 1.55. The second kappa shape index (κ2) is 12.3. The maximum absolute atomic E-state index is 9.45. The summed E-state index contributed by atoms with van der Waals surface area (Å²) in [6.45, 7) is 1.20. The molecule has 0 radical (unpaired) electrons. The van der Waals surface area contributed by atoms with Gasteiger partial charge in [-0.05, 0) is 6.92 Å². The molecule has 50 valence electrons. The third-order valence-electron chi connectivity index (χ3n) is 0.357. The maximum Gasteiger partial charge on any atom is 0 e. The molecular weight excluding hydrogens is 225 g/mol. The number of carbonyl (C=O) groups is 1. The average Bonchev–Trinajstić information content (AvgIpc) is 1.36. The smallest absolute Gasteiger partial charge is 0 e. The molecule has 6 heteroatoms. The number of carboxylic acids is 1. The molecule has 0 aliphatic carbocycles. The van der Waals surface area contributed by atoms with Gasteiger partial charge in [-0.1, -0.05) is 0 Å². The summed E-state index contributed by atoms with van der Waals surface area (Å²) in [6, 6.07) is 0. The second-order valence-electron chi connectivity index (χ2n) is 1.01. The number of carboxylic acid groups (broad SMARTS) is 1. The Morgan fingerprint density at radius 1 is 1.56 bits per heavy atom. The van der Waals surface area contributed by atoms with E-state index >= 15 is 0 Å². The van der Waals surface area contributed by atoms with Crippen molar-refractivity contribution in [2.45, 2.75) is 13.0 Å². The molecule has 0 heterocycles. The molecule has 0 aliphatic heterocycles. The van der Waals surface area contributed by atoms with Crippen molar-refractivity contribution in [1.82, 2.24) is 0 Å². The number of rotatable bonds is 1. The summed E-state index contributed by atoms with van der Waals surface area (Å²) in [6.07, 6.45) is -1.23. The van der Waals surface area contributed by atoms with E-state index in [0.717, 1.165) is 0 Å². The Bertz CT molecular complexity index is 70.1. The fourth-order valence-corrected chi connectivity index (χ4v) is 0. The van der Waals surface area contributed by atoms with Crippen molar-refractivity contribution in [3.8, 4) is 0 Å². The molecule has 0 aromatic rings. The van der Waals surface area contributed by atoms with Crippen molar-refractivity contribution in [2.75, 3.05) is 0 Å². The summed E-state index contributed by atoms with van der Waals surface area (Å²) in [5.41, 5.74) is 0. The Hall–Kier alpha value is 1.60. The van der Waals surface area contributed by atoms with Crippen LogP contribution in [-0.4, -0.2) is 60.0 Å². The Kier molecular flexibility index (Phi) is 30.6. The number of aliphatic carboxylic acids is 1. The first kappa shape index (κ1) is 22.4. The van der Waals surface area contributed by atoms with Crippen molar-refractivity contribution in [3.63, 3.8) is 0 Å². The topological polar surface area (TPSA) is 57.5 Å². The molecular formula is C3H9CaClO3Zn. The molecule has 9 heavy (non-hydrogen) atoms. The molecule has 0 saturated carbocycles. The summed E-state index contributed by atoms with van der Waals surface area (Å²) < 4.78 is 0. The zero-order valence-corrected chi connectivity index (χ0v) is 8.28. The monoisotopic (exact) mass is 232 g/mol. The van der Waals surface area contributed by atoms with Crippen LogP contribution in [0.2, 0.25) is 0 Å². The largest absolute Gasteiger partial charge is 0 e. The van der Waals surface area contributed by atoms with Crippen LogP contribution in [0.25, 0.3) is 0 Å². The molecule has 0 bridgehead atoms. The van der Waals surface area contributed by atoms with Crippen LogP contribution in [0.15, 0.2) is 0 Å². The normalized spacial score (nSPS) is 9.11. The number of aliphatic hydroxyl groups excluding tert-OH is 1. The van der Waals surface area contributed by atoms with E-state index in [1.807, 2.05) is 0 Å². The average molecular weight is 234 g/mol. The van der Waals surface area contributed by atoms with Gasteiger partial charge in [0.1, 0.15) is 6.10 Å². The number of halogens is 1. The summed E-state index contributed by atoms with van der Waals surface area (Å²) >= 11 is 0. The summed E-state index contributed by atoms with van der Waals surface area (Å²) in [7, 11) is 0. The minimum atomic E-state index is -1.23. The van der Waals surface area contributed by atoms with Crippen molar-refractivity contribution >= 4 is 56.1 Å². The maximum atomic E-state index is 9.45. The van der Waals surface area contributed by atoms with Crippen molar-refractivity contribution in [2.24, 2.45) is 0 Å². The predicted molar refractivity (Wildman–Crippen MR) is 35.1 cm³/mol. The molecule has 2 N–H and O–H groups in total. The van der Waals surface area contributed by atoms with Crippen LogP contribution in [0, 0.1) is 0 Å². The molecule has 0 aromatic carbocycles. The number of hydrogen-bond acceptors (Lipinski definition) is 2. The molecule has 0 saturated heterocycles. The predicted octanol–water partition coefficient (Wildman–Crippen LogP) is -1.05. The fourth-order valence-electron chi connectivity index (χ4n) is 0. The van der Waals surface area contributed by atoms with Crippen molar-refractivity contribution in [3.05, 3.63) is 0 Å². The van der Waals surface area contributed by atoms with E-state index in [9.17, 15) is 4.79 Å². The second-order valence-corrected chi connectivity index (χ2v) is 1.01. The van der Waals surface area contributed by atoms with E-state index in [4.69, 9.17) is 10.2 Å². The third-order valence-corrected chi connectivity index (χ3v) is 0.357. The molecule has 0 aromatic heterocycles. The Morgan fingerprint density at radius 2 is 1.67 bits per heavy atom. The first-order chi connectivity index (χ1) is 2.64. The zero-order chi connectivity index (χ0) is 5.15. The van der Waals surface area contributed by atoms with Gasteiger partial charge in [-0.15, -0.1) is 12.4 Å². The van der Waals surface area contributed by atoms with E-state index in [1.165, 1.54) is 6.92 Å². The van der Waals surface area contributed by atoms with Crippen molar-refractivity contribution < 1.29 is 34.5 Å². The number of aliphatic hydroxyl groups is 1. The number of hydrogen-bond donors (Lipinski definition) is 2. The van der Waals surface area contributed by atoms with Gasteiger partial charge >= 0.3 is 43.7 Å². The molecule has 3 nitrogen and oxygen atoms in total. The standard InChI is InChI=1S/C3H6O3.Ca.ClH.Zn.2H/c1-2(4)3(5)6;;;;;/h2,4H,1H3,(H,5,6);;1H;;;. The first-order valence-electron chi connectivity index (χ1n) is 1.55. The molecule has 0 fully saturated rings. The minimum Gasteiger partial charge on any atom is 0 e.